The van der Waals surface area contributed by atoms with E-state index in [4.69, 9.17) is 4.74 Å². The highest BCUT2D eigenvalue weighted by Gasteiger charge is 2.13. The standard InChI is InChI=1S/C14H22N2O3/c1-3-5-9-19-14(18)7-6-13(17)12-10-15-11-16(12)8-4-2/h10-11H,3-9H2,1-2H3. The highest BCUT2D eigenvalue weighted by molar-refractivity contribution is 5.95. The van der Waals surface area contributed by atoms with Crippen molar-refractivity contribution in [1.29, 1.82) is 0 Å². The third-order valence-corrected chi connectivity index (χ3v) is 2.78. The predicted molar refractivity (Wildman–Crippen MR) is 71.9 cm³/mol. The fraction of sp³-hybridized carbons (Fsp3) is 0.643. The Bertz CT molecular complexity index is 413. The maximum Gasteiger partial charge on any atom is 0.306 e. The third kappa shape index (κ3) is 5.24. The second-order valence-electron chi connectivity index (χ2n) is 4.47. The van der Waals surface area contributed by atoms with Crippen molar-refractivity contribution < 1.29 is 14.3 Å². The van der Waals surface area contributed by atoms with Crippen LogP contribution in [0.1, 0.15) is 56.4 Å². The van der Waals surface area contributed by atoms with Gasteiger partial charge in [-0.05, 0) is 12.8 Å². The number of nitrogens with zero attached hydrogens (tertiary/aromatic N) is 2. The van der Waals surface area contributed by atoms with Crippen LogP contribution in [0.4, 0.5) is 0 Å². The molecule has 0 unspecified atom stereocenters. The number of aryl methyl sites for hydroxylation is 1. The van der Waals surface area contributed by atoms with Crippen LogP contribution < -0.4 is 0 Å². The van der Waals surface area contributed by atoms with Gasteiger partial charge in [-0.1, -0.05) is 20.3 Å². The second kappa shape index (κ2) is 8.45. The number of rotatable bonds is 9. The number of carbonyl (C=O) groups excluding carboxylic acids is 2. The lowest BCUT2D eigenvalue weighted by atomic mass is 10.2. The van der Waals surface area contributed by atoms with E-state index >= 15 is 0 Å². The Hall–Kier alpha value is -1.65. The first-order valence-electron chi connectivity index (χ1n) is 6.88. The van der Waals surface area contributed by atoms with E-state index in [1.807, 2.05) is 18.4 Å². The first-order valence-corrected chi connectivity index (χ1v) is 6.88. The molecule has 0 atom stereocenters. The Kier molecular flexibility index (Phi) is 6.85. The van der Waals surface area contributed by atoms with Gasteiger partial charge in [0, 0.05) is 13.0 Å². The Morgan fingerprint density at radius 2 is 2.05 bits per heavy atom. The second-order valence-corrected chi connectivity index (χ2v) is 4.47. The fourth-order valence-corrected chi connectivity index (χ4v) is 1.72. The number of imidazole rings is 1. The summed E-state index contributed by atoms with van der Waals surface area (Å²) in [6.07, 6.45) is 6.32. The van der Waals surface area contributed by atoms with Crippen molar-refractivity contribution in [3.63, 3.8) is 0 Å². The lowest BCUT2D eigenvalue weighted by molar-refractivity contribution is -0.143. The number of hydrogen-bond donors (Lipinski definition) is 0. The van der Waals surface area contributed by atoms with Gasteiger partial charge in [0.25, 0.3) is 0 Å². The summed E-state index contributed by atoms with van der Waals surface area (Å²) in [6.45, 7) is 5.28. The molecule has 0 bridgehead atoms. The molecule has 0 amide bonds. The van der Waals surface area contributed by atoms with Crippen molar-refractivity contribution in [2.75, 3.05) is 6.61 Å². The molecule has 0 aliphatic rings. The van der Waals surface area contributed by atoms with Gasteiger partial charge in [0.05, 0.1) is 25.6 Å². The molecule has 1 aromatic heterocycles. The predicted octanol–water partition coefficient (Wildman–Crippen LogP) is 2.60. The summed E-state index contributed by atoms with van der Waals surface area (Å²) in [5.74, 6) is -0.359. The number of hydrogen-bond acceptors (Lipinski definition) is 4. The van der Waals surface area contributed by atoms with E-state index in [0.717, 1.165) is 25.8 Å². The van der Waals surface area contributed by atoms with E-state index in [9.17, 15) is 9.59 Å². The lowest BCUT2D eigenvalue weighted by Gasteiger charge is -2.06. The fourth-order valence-electron chi connectivity index (χ4n) is 1.72. The van der Waals surface area contributed by atoms with E-state index in [0.29, 0.717) is 12.3 Å². The van der Waals surface area contributed by atoms with E-state index in [1.54, 1.807) is 12.5 Å². The van der Waals surface area contributed by atoms with Crippen LogP contribution in [0.25, 0.3) is 0 Å². The Morgan fingerprint density at radius 1 is 1.26 bits per heavy atom. The zero-order chi connectivity index (χ0) is 14.1. The van der Waals surface area contributed by atoms with Crippen LogP contribution >= 0.6 is 0 Å². The summed E-state index contributed by atoms with van der Waals surface area (Å²) < 4.78 is 6.84. The molecular formula is C14H22N2O3. The zero-order valence-electron chi connectivity index (χ0n) is 11.7. The normalized spacial score (nSPS) is 10.4. The van der Waals surface area contributed by atoms with Crippen molar-refractivity contribution in [3.8, 4) is 0 Å². The number of aromatic nitrogens is 2. The van der Waals surface area contributed by atoms with Crippen LogP contribution in [0.15, 0.2) is 12.5 Å². The SMILES string of the molecule is CCCCOC(=O)CCC(=O)c1cncn1CCC. The van der Waals surface area contributed by atoms with Crippen molar-refractivity contribution in [1.82, 2.24) is 9.55 Å². The molecular weight excluding hydrogens is 244 g/mol. The molecule has 1 aromatic rings. The quantitative estimate of drug-likeness (QED) is 0.391. The van der Waals surface area contributed by atoms with E-state index in [1.165, 1.54) is 0 Å². The highest BCUT2D eigenvalue weighted by Crippen LogP contribution is 2.07. The monoisotopic (exact) mass is 266 g/mol. The largest absolute Gasteiger partial charge is 0.466 e. The number of carbonyl (C=O) groups is 2. The molecule has 0 saturated heterocycles. The molecule has 0 N–H and O–H groups in total. The van der Waals surface area contributed by atoms with Gasteiger partial charge in [0.15, 0.2) is 5.78 Å². The number of unbranched alkanes of at least 4 members (excludes halogenated alkanes) is 1. The Balaban J connectivity index is 2.38. The molecule has 0 aromatic carbocycles. The summed E-state index contributed by atoms with van der Waals surface area (Å²) in [5.41, 5.74) is 0.572. The minimum atomic E-state index is -0.302. The summed E-state index contributed by atoms with van der Waals surface area (Å²) in [7, 11) is 0. The summed E-state index contributed by atoms with van der Waals surface area (Å²) in [5, 5.41) is 0. The average Bonchev–Trinajstić information content (AvgIpc) is 2.85. The van der Waals surface area contributed by atoms with Crippen molar-refractivity contribution in [3.05, 3.63) is 18.2 Å². The van der Waals surface area contributed by atoms with Gasteiger partial charge in [0.2, 0.25) is 0 Å². The van der Waals surface area contributed by atoms with Crippen LogP contribution in [0, 0.1) is 0 Å². The van der Waals surface area contributed by atoms with E-state index in [-0.39, 0.29) is 24.6 Å². The van der Waals surface area contributed by atoms with Gasteiger partial charge in [-0.2, -0.15) is 0 Å². The molecule has 5 nitrogen and oxygen atoms in total. The number of esters is 1. The third-order valence-electron chi connectivity index (χ3n) is 2.78. The Morgan fingerprint density at radius 3 is 2.74 bits per heavy atom. The lowest BCUT2D eigenvalue weighted by Crippen LogP contribution is -2.12. The van der Waals surface area contributed by atoms with Crippen LogP contribution in [0.5, 0.6) is 0 Å². The van der Waals surface area contributed by atoms with E-state index < -0.39 is 0 Å². The first kappa shape index (κ1) is 15.4. The maximum absolute atomic E-state index is 12.0. The number of ketones is 1. The van der Waals surface area contributed by atoms with Gasteiger partial charge >= 0.3 is 5.97 Å². The minimum absolute atomic E-state index is 0.0570. The van der Waals surface area contributed by atoms with Gasteiger partial charge < -0.3 is 9.30 Å². The minimum Gasteiger partial charge on any atom is -0.466 e. The molecule has 5 heteroatoms. The molecule has 1 heterocycles. The molecule has 106 valence electrons. The number of Topliss-reactive ketones (excluding diaryl/α,β-unsaturated/α-hetero) is 1. The first-order chi connectivity index (χ1) is 9.19. The average molecular weight is 266 g/mol. The smallest absolute Gasteiger partial charge is 0.306 e. The van der Waals surface area contributed by atoms with Gasteiger partial charge in [-0.3, -0.25) is 9.59 Å². The summed E-state index contributed by atoms with van der Waals surface area (Å²) in [4.78, 5) is 27.3. The summed E-state index contributed by atoms with van der Waals surface area (Å²) in [6, 6.07) is 0. The molecule has 0 spiro atoms. The van der Waals surface area contributed by atoms with Gasteiger partial charge in [-0.15, -0.1) is 0 Å². The Labute approximate surface area is 114 Å². The topological polar surface area (TPSA) is 61.2 Å². The van der Waals surface area contributed by atoms with Gasteiger partial charge in [0.1, 0.15) is 5.69 Å². The van der Waals surface area contributed by atoms with Crippen LogP contribution in [0.2, 0.25) is 0 Å². The molecule has 0 fully saturated rings. The van der Waals surface area contributed by atoms with Crippen LogP contribution in [0.3, 0.4) is 0 Å². The van der Waals surface area contributed by atoms with Gasteiger partial charge in [-0.25, -0.2) is 4.98 Å². The van der Waals surface area contributed by atoms with E-state index in [2.05, 4.69) is 4.98 Å². The maximum atomic E-state index is 12.0. The van der Waals surface area contributed by atoms with Crippen molar-refractivity contribution in [2.45, 2.75) is 52.5 Å². The molecule has 19 heavy (non-hydrogen) atoms. The van der Waals surface area contributed by atoms with Crippen molar-refractivity contribution >= 4 is 11.8 Å². The molecule has 0 radical (unpaired) electrons. The molecule has 0 aliphatic carbocycles. The van der Waals surface area contributed by atoms with Crippen LogP contribution in [-0.2, 0) is 16.1 Å². The molecule has 1 rings (SSSR count). The van der Waals surface area contributed by atoms with Crippen molar-refractivity contribution in [2.24, 2.45) is 0 Å². The molecule has 0 aliphatic heterocycles. The summed E-state index contributed by atoms with van der Waals surface area (Å²) >= 11 is 0. The molecule has 0 saturated carbocycles. The zero-order valence-corrected chi connectivity index (χ0v) is 11.7. The highest BCUT2D eigenvalue weighted by atomic mass is 16.5. The number of ether oxygens (including phenoxy) is 1. The van der Waals surface area contributed by atoms with Crippen LogP contribution in [-0.4, -0.2) is 27.9 Å².